The molecule has 0 saturated carbocycles. The number of aromatic amines is 1. The van der Waals surface area contributed by atoms with E-state index in [9.17, 15) is 0 Å². The molecule has 3 heterocycles. The Bertz CT molecular complexity index is 1180. The second kappa shape index (κ2) is 8.05. The summed E-state index contributed by atoms with van der Waals surface area (Å²) in [5.41, 5.74) is 0. The number of benzene rings is 1. The minimum atomic E-state index is 0.191. The van der Waals surface area contributed by atoms with Gasteiger partial charge in [0, 0.05) is 0 Å². The van der Waals surface area contributed by atoms with Crippen molar-refractivity contribution in [2.24, 2.45) is 5.10 Å². The predicted molar refractivity (Wildman–Crippen MR) is 108 cm³/mol. The largest absolute Gasteiger partial charge is 0.484 e. The SMILES string of the molecule is S=c1[nH]nc(-c2ccco2)n1N=Cc1ccc(COc2cccc(Cl)c2Cl)o1. The lowest BCUT2D eigenvalue weighted by Gasteiger charge is -2.06. The first-order valence-electron chi connectivity index (χ1n) is 8.03. The van der Waals surface area contributed by atoms with Crippen molar-refractivity contribution in [2.75, 3.05) is 0 Å². The minimum absolute atomic E-state index is 0.191. The van der Waals surface area contributed by atoms with Crippen LogP contribution in [0, 0.1) is 4.77 Å². The van der Waals surface area contributed by atoms with E-state index in [2.05, 4.69) is 15.3 Å². The quantitative estimate of drug-likeness (QED) is 0.317. The standard InChI is InChI=1S/C18H12Cl2N4O3S/c19-13-3-1-4-14(16(13)20)26-10-12-7-6-11(27-12)9-21-24-17(22-23-18(24)28)15-5-2-8-25-15/h1-9H,10H2,(H,23,28). The van der Waals surface area contributed by atoms with Gasteiger partial charge in [-0.3, -0.25) is 0 Å². The van der Waals surface area contributed by atoms with E-state index in [0.29, 0.717) is 43.7 Å². The smallest absolute Gasteiger partial charge is 0.219 e. The average molecular weight is 435 g/mol. The van der Waals surface area contributed by atoms with E-state index >= 15 is 0 Å². The lowest BCUT2D eigenvalue weighted by Crippen LogP contribution is -1.95. The Hall–Kier alpha value is -2.81. The summed E-state index contributed by atoms with van der Waals surface area (Å²) in [4.78, 5) is 0. The van der Waals surface area contributed by atoms with Crippen LogP contribution in [-0.2, 0) is 6.61 Å². The molecular formula is C18H12Cl2N4O3S. The fourth-order valence-electron chi connectivity index (χ4n) is 2.36. The molecule has 4 rings (SSSR count). The van der Waals surface area contributed by atoms with Crippen LogP contribution in [-0.4, -0.2) is 21.1 Å². The molecule has 1 aromatic carbocycles. The van der Waals surface area contributed by atoms with Crippen molar-refractivity contribution in [3.8, 4) is 17.3 Å². The molecule has 0 unspecified atom stereocenters. The summed E-state index contributed by atoms with van der Waals surface area (Å²) in [7, 11) is 0. The van der Waals surface area contributed by atoms with Crippen LogP contribution in [0.2, 0.25) is 10.0 Å². The van der Waals surface area contributed by atoms with Crippen molar-refractivity contribution in [2.45, 2.75) is 6.61 Å². The Morgan fingerprint density at radius 3 is 2.93 bits per heavy atom. The number of H-pyrrole nitrogens is 1. The molecule has 0 bridgehead atoms. The summed E-state index contributed by atoms with van der Waals surface area (Å²) in [6, 6.07) is 12.2. The zero-order valence-electron chi connectivity index (χ0n) is 14.1. The molecule has 0 aliphatic rings. The number of furan rings is 2. The van der Waals surface area contributed by atoms with Crippen molar-refractivity contribution in [1.82, 2.24) is 14.9 Å². The molecule has 4 aromatic rings. The maximum absolute atomic E-state index is 6.11. The number of hydrogen-bond donors (Lipinski definition) is 1. The van der Waals surface area contributed by atoms with Crippen LogP contribution >= 0.6 is 35.4 Å². The van der Waals surface area contributed by atoms with Crippen LogP contribution < -0.4 is 4.74 Å². The topological polar surface area (TPSA) is 81.5 Å². The second-order valence-corrected chi connectivity index (χ2v) is 6.70. The third kappa shape index (κ3) is 3.89. The molecule has 1 N–H and O–H groups in total. The van der Waals surface area contributed by atoms with E-state index in [4.69, 9.17) is 49.0 Å². The highest BCUT2D eigenvalue weighted by molar-refractivity contribution is 7.71. The summed E-state index contributed by atoms with van der Waals surface area (Å²) in [5.74, 6) is 2.59. The van der Waals surface area contributed by atoms with Gasteiger partial charge in [0.25, 0.3) is 0 Å². The highest BCUT2D eigenvalue weighted by atomic mass is 35.5. The van der Waals surface area contributed by atoms with Crippen LogP contribution in [0.15, 0.2) is 62.7 Å². The maximum atomic E-state index is 6.11. The maximum Gasteiger partial charge on any atom is 0.219 e. The van der Waals surface area contributed by atoms with Gasteiger partial charge in [-0.05, 0) is 48.6 Å². The molecule has 0 spiro atoms. The first kappa shape index (κ1) is 18.5. The molecule has 0 saturated heterocycles. The summed E-state index contributed by atoms with van der Waals surface area (Å²) in [5, 5.41) is 11.9. The predicted octanol–water partition coefficient (Wildman–Crippen LogP) is 5.56. The lowest BCUT2D eigenvalue weighted by molar-refractivity contribution is 0.270. The first-order chi connectivity index (χ1) is 13.6. The minimum Gasteiger partial charge on any atom is -0.484 e. The number of halogens is 2. The van der Waals surface area contributed by atoms with Gasteiger partial charge < -0.3 is 13.6 Å². The molecule has 7 nitrogen and oxygen atoms in total. The molecular weight excluding hydrogens is 423 g/mol. The molecule has 0 amide bonds. The van der Waals surface area contributed by atoms with Gasteiger partial charge in [-0.25, -0.2) is 5.10 Å². The number of hydrogen-bond acceptors (Lipinski definition) is 6. The van der Waals surface area contributed by atoms with Crippen LogP contribution in [0.25, 0.3) is 11.6 Å². The number of aromatic nitrogens is 3. The Labute approximate surface area is 174 Å². The van der Waals surface area contributed by atoms with E-state index in [1.54, 1.807) is 48.7 Å². The molecule has 0 aliphatic heterocycles. The Kier molecular flexibility index (Phi) is 5.34. The number of rotatable bonds is 6. The monoisotopic (exact) mass is 434 g/mol. The van der Waals surface area contributed by atoms with Gasteiger partial charge in [-0.15, -0.1) is 5.10 Å². The summed E-state index contributed by atoms with van der Waals surface area (Å²) < 4.78 is 18.5. The van der Waals surface area contributed by atoms with Crippen LogP contribution in [0.5, 0.6) is 5.75 Å². The fraction of sp³-hybridized carbons (Fsp3) is 0.0556. The van der Waals surface area contributed by atoms with Crippen molar-refractivity contribution in [3.05, 3.63) is 75.1 Å². The normalized spacial score (nSPS) is 11.4. The van der Waals surface area contributed by atoms with E-state index in [1.165, 1.54) is 10.9 Å². The molecule has 0 radical (unpaired) electrons. The number of nitrogens with zero attached hydrogens (tertiary/aromatic N) is 3. The van der Waals surface area contributed by atoms with Gasteiger partial charge in [-0.1, -0.05) is 29.3 Å². The van der Waals surface area contributed by atoms with E-state index in [-0.39, 0.29) is 6.61 Å². The van der Waals surface area contributed by atoms with Gasteiger partial charge in [-0.2, -0.15) is 9.78 Å². The molecule has 0 atom stereocenters. The third-order valence-corrected chi connectivity index (χ3v) is 4.73. The Morgan fingerprint density at radius 2 is 2.11 bits per heavy atom. The zero-order chi connectivity index (χ0) is 19.5. The van der Waals surface area contributed by atoms with E-state index in [0.717, 1.165) is 0 Å². The molecule has 0 fully saturated rings. The second-order valence-electron chi connectivity index (χ2n) is 5.53. The highest BCUT2D eigenvalue weighted by Gasteiger charge is 2.11. The van der Waals surface area contributed by atoms with E-state index < -0.39 is 0 Å². The molecule has 3 aromatic heterocycles. The van der Waals surface area contributed by atoms with Crippen LogP contribution in [0.4, 0.5) is 0 Å². The first-order valence-corrected chi connectivity index (χ1v) is 9.19. The van der Waals surface area contributed by atoms with Gasteiger partial charge in [0.15, 0.2) is 5.76 Å². The van der Waals surface area contributed by atoms with Crippen molar-refractivity contribution in [1.29, 1.82) is 0 Å². The van der Waals surface area contributed by atoms with Gasteiger partial charge >= 0.3 is 0 Å². The summed E-state index contributed by atoms with van der Waals surface area (Å²) in [6.45, 7) is 0.191. The Balaban J connectivity index is 1.48. The number of ether oxygens (including phenoxy) is 1. The molecule has 142 valence electrons. The highest BCUT2D eigenvalue weighted by Crippen LogP contribution is 2.32. The summed E-state index contributed by atoms with van der Waals surface area (Å²) in [6.07, 6.45) is 3.07. The Morgan fingerprint density at radius 1 is 1.21 bits per heavy atom. The average Bonchev–Trinajstić information content (AvgIpc) is 3.42. The van der Waals surface area contributed by atoms with Gasteiger partial charge in [0.2, 0.25) is 10.6 Å². The van der Waals surface area contributed by atoms with Crippen LogP contribution in [0.3, 0.4) is 0 Å². The molecule has 0 aliphatic carbocycles. The molecule has 10 heteroatoms. The van der Waals surface area contributed by atoms with Gasteiger partial charge in [0.1, 0.15) is 28.9 Å². The zero-order valence-corrected chi connectivity index (χ0v) is 16.5. The van der Waals surface area contributed by atoms with E-state index in [1.807, 2.05) is 0 Å². The van der Waals surface area contributed by atoms with Gasteiger partial charge in [0.05, 0.1) is 17.5 Å². The van der Waals surface area contributed by atoms with Crippen LogP contribution in [0.1, 0.15) is 11.5 Å². The van der Waals surface area contributed by atoms with Crippen molar-refractivity contribution >= 4 is 41.6 Å². The molecule has 28 heavy (non-hydrogen) atoms. The lowest BCUT2D eigenvalue weighted by atomic mass is 10.3. The third-order valence-electron chi connectivity index (χ3n) is 3.66. The van der Waals surface area contributed by atoms with Crippen molar-refractivity contribution in [3.63, 3.8) is 0 Å². The number of nitrogens with one attached hydrogen (secondary N) is 1. The summed E-state index contributed by atoms with van der Waals surface area (Å²) >= 11 is 17.3. The van der Waals surface area contributed by atoms with Crippen molar-refractivity contribution < 1.29 is 13.6 Å². The fourth-order valence-corrected chi connectivity index (χ4v) is 2.89.